The van der Waals surface area contributed by atoms with Crippen molar-refractivity contribution in [2.45, 2.75) is 31.8 Å². The molecule has 0 saturated heterocycles. The molecule has 0 aromatic heterocycles. The third-order valence-electron chi connectivity index (χ3n) is 1.68. The van der Waals surface area contributed by atoms with E-state index < -0.39 is 11.6 Å². The monoisotopic (exact) mass is 144 g/mol. The van der Waals surface area contributed by atoms with Crippen LogP contribution < -0.4 is 0 Å². The van der Waals surface area contributed by atoms with Gasteiger partial charge in [-0.25, -0.2) is 4.79 Å². The maximum Gasteiger partial charge on any atom is 0.335 e. The number of carbonyl (C=O) groups is 1. The van der Waals surface area contributed by atoms with E-state index in [1.807, 2.05) is 6.92 Å². The summed E-state index contributed by atoms with van der Waals surface area (Å²) in [5, 5.41) is 8.61. The molecule has 0 bridgehead atoms. The lowest BCUT2D eigenvalue weighted by molar-refractivity contribution is -0.153. The lowest BCUT2D eigenvalue weighted by Crippen LogP contribution is -2.25. The van der Waals surface area contributed by atoms with Crippen LogP contribution in [0.25, 0.3) is 0 Å². The van der Waals surface area contributed by atoms with Gasteiger partial charge in [0.15, 0.2) is 5.60 Å². The van der Waals surface area contributed by atoms with Gasteiger partial charge in [0.05, 0.1) is 0 Å². The molecule has 1 fully saturated rings. The number of ether oxygens (including phenoxy) is 1. The Bertz CT molecular complexity index is 138. The van der Waals surface area contributed by atoms with E-state index in [9.17, 15) is 4.79 Å². The third-order valence-corrected chi connectivity index (χ3v) is 1.68. The summed E-state index contributed by atoms with van der Waals surface area (Å²) in [4.78, 5) is 10.5. The van der Waals surface area contributed by atoms with Crippen molar-refractivity contribution in [3.8, 4) is 0 Å². The van der Waals surface area contributed by atoms with Gasteiger partial charge in [0.2, 0.25) is 0 Å². The van der Waals surface area contributed by atoms with Crippen LogP contribution in [-0.2, 0) is 9.53 Å². The van der Waals surface area contributed by atoms with Crippen molar-refractivity contribution in [3.63, 3.8) is 0 Å². The Morgan fingerprint density at radius 2 is 2.30 bits per heavy atom. The van der Waals surface area contributed by atoms with Gasteiger partial charge in [0.25, 0.3) is 0 Å². The Morgan fingerprint density at radius 3 is 2.60 bits per heavy atom. The van der Waals surface area contributed by atoms with Gasteiger partial charge in [-0.15, -0.1) is 0 Å². The summed E-state index contributed by atoms with van der Waals surface area (Å²) in [6.07, 6.45) is 2.25. The van der Waals surface area contributed by atoms with E-state index in [1.165, 1.54) is 0 Å². The molecule has 0 atom stereocenters. The minimum atomic E-state index is -0.805. The third kappa shape index (κ3) is 1.29. The highest BCUT2D eigenvalue weighted by atomic mass is 16.5. The SMILES string of the molecule is CCCOC1(C(=O)O)CC1. The molecule has 0 aliphatic heterocycles. The summed E-state index contributed by atoms with van der Waals surface area (Å²) in [7, 11) is 0. The van der Waals surface area contributed by atoms with E-state index in [2.05, 4.69) is 0 Å². The highest BCUT2D eigenvalue weighted by Gasteiger charge is 2.51. The number of carboxylic acids is 1. The van der Waals surface area contributed by atoms with Crippen LogP contribution in [0.3, 0.4) is 0 Å². The molecule has 10 heavy (non-hydrogen) atoms. The largest absolute Gasteiger partial charge is 0.479 e. The quantitative estimate of drug-likeness (QED) is 0.641. The van der Waals surface area contributed by atoms with Crippen molar-refractivity contribution in [2.75, 3.05) is 6.61 Å². The van der Waals surface area contributed by atoms with Gasteiger partial charge in [-0.2, -0.15) is 0 Å². The summed E-state index contributed by atoms with van der Waals surface area (Å²) >= 11 is 0. The maximum absolute atomic E-state index is 10.5. The van der Waals surface area contributed by atoms with Crippen molar-refractivity contribution in [3.05, 3.63) is 0 Å². The van der Waals surface area contributed by atoms with Crippen LogP contribution in [0.4, 0.5) is 0 Å². The standard InChI is InChI=1S/C7H12O3/c1-2-5-10-7(3-4-7)6(8)9/h2-5H2,1H3,(H,8,9). The second-order valence-electron chi connectivity index (χ2n) is 2.65. The highest BCUT2D eigenvalue weighted by molar-refractivity contribution is 5.80. The van der Waals surface area contributed by atoms with E-state index in [0.717, 1.165) is 6.42 Å². The molecule has 0 aromatic rings. The molecule has 0 aromatic carbocycles. The minimum absolute atomic E-state index is 0.562. The summed E-state index contributed by atoms with van der Waals surface area (Å²) in [5.41, 5.74) is -0.782. The van der Waals surface area contributed by atoms with Crippen LogP contribution in [0, 0.1) is 0 Å². The first-order valence-corrected chi connectivity index (χ1v) is 3.58. The van der Waals surface area contributed by atoms with E-state index in [1.54, 1.807) is 0 Å². The van der Waals surface area contributed by atoms with Crippen molar-refractivity contribution >= 4 is 5.97 Å². The van der Waals surface area contributed by atoms with Gasteiger partial charge < -0.3 is 9.84 Å². The van der Waals surface area contributed by atoms with Crippen LogP contribution in [0.15, 0.2) is 0 Å². The van der Waals surface area contributed by atoms with Gasteiger partial charge in [-0.05, 0) is 19.3 Å². The summed E-state index contributed by atoms with van der Waals surface area (Å²) in [5.74, 6) is -0.805. The molecular weight excluding hydrogens is 132 g/mol. The molecule has 0 spiro atoms. The highest BCUT2D eigenvalue weighted by Crippen LogP contribution is 2.39. The van der Waals surface area contributed by atoms with Crippen molar-refractivity contribution < 1.29 is 14.6 Å². The molecule has 1 rings (SSSR count). The molecular formula is C7H12O3. The van der Waals surface area contributed by atoms with Crippen LogP contribution in [0.1, 0.15) is 26.2 Å². The van der Waals surface area contributed by atoms with Gasteiger partial charge in [0, 0.05) is 6.61 Å². The zero-order valence-corrected chi connectivity index (χ0v) is 6.09. The summed E-state index contributed by atoms with van der Waals surface area (Å²) in [6.45, 7) is 2.53. The van der Waals surface area contributed by atoms with Crippen molar-refractivity contribution in [1.82, 2.24) is 0 Å². The van der Waals surface area contributed by atoms with Crippen LogP contribution in [0.5, 0.6) is 0 Å². The topological polar surface area (TPSA) is 46.5 Å². The predicted octanol–water partition coefficient (Wildman–Crippen LogP) is 1.03. The number of aliphatic carboxylic acids is 1. The zero-order valence-electron chi connectivity index (χ0n) is 6.09. The molecule has 58 valence electrons. The first kappa shape index (κ1) is 7.54. The van der Waals surface area contributed by atoms with Gasteiger partial charge in [0.1, 0.15) is 0 Å². The molecule has 3 nitrogen and oxygen atoms in total. The van der Waals surface area contributed by atoms with Gasteiger partial charge >= 0.3 is 5.97 Å². The van der Waals surface area contributed by atoms with Crippen molar-refractivity contribution in [1.29, 1.82) is 0 Å². The lowest BCUT2D eigenvalue weighted by atomic mass is 10.3. The lowest BCUT2D eigenvalue weighted by Gasteiger charge is -2.09. The molecule has 3 heteroatoms. The Morgan fingerprint density at radius 1 is 1.70 bits per heavy atom. The van der Waals surface area contributed by atoms with E-state index in [4.69, 9.17) is 9.84 Å². The average molecular weight is 144 g/mol. The number of hydrogen-bond donors (Lipinski definition) is 1. The molecule has 1 aliphatic carbocycles. The normalized spacial score (nSPS) is 20.5. The predicted molar refractivity (Wildman–Crippen MR) is 35.8 cm³/mol. The molecule has 1 N–H and O–H groups in total. The Kier molecular flexibility index (Phi) is 1.94. The zero-order chi connectivity index (χ0) is 7.61. The smallest absolute Gasteiger partial charge is 0.335 e. The van der Waals surface area contributed by atoms with Gasteiger partial charge in [-0.3, -0.25) is 0 Å². The second-order valence-corrected chi connectivity index (χ2v) is 2.65. The first-order chi connectivity index (χ1) is 4.71. The van der Waals surface area contributed by atoms with Crippen LogP contribution in [0.2, 0.25) is 0 Å². The fourth-order valence-corrected chi connectivity index (χ4v) is 0.831. The van der Waals surface area contributed by atoms with E-state index in [-0.39, 0.29) is 0 Å². The minimum Gasteiger partial charge on any atom is -0.479 e. The number of hydrogen-bond acceptors (Lipinski definition) is 2. The average Bonchev–Trinajstić information content (AvgIpc) is 2.64. The van der Waals surface area contributed by atoms with Crippen LogP contribution >= 0.6 is 0 Å². The number of rotatable bonds is 4. The molecule has 0 amide bonds. The fraction of sp³-hybridized carbons (Fsp3) is 0.857. The second kappa shape index (κ2) is 2.58. The molecule has 0 radical (unpaired) electrons. The first-order valence-electron chi connectivity index (χ1n) is 3.58. The summed E-state index contributed by atoms with van der Waals surface area (Å²) in [6, 6.07) is 0. The van der Waals surface area contributed by atoms with E-state index >= 15 is 0 Å². The number of carboxylic acid groups (broad SMARTS) is 1. The Balaban J connectivity index is 2.31. The fourth-order valence-electron chi connectivity index (χ4n) is 0.831. The summed E-state index contributed by atoms with van der Waals surface area (Å²) < 4.78 is 5.15. The van der Waals surface area contributed by atoms with Crippen LogP contribution in [-0.4, -0.2) is 23.3 Å². The van der Waals surface area contributed by atoms with Crippen molar-refractivity contribution in [2.24, 2.45) is 0 Å². The van der Waals surface area contributed by atoms with E-state index in [0.29, 0.717) is 19.4 Å². The van der Waals surface area contributed by atoms with Gasteiger partial charge in [-0.1, -0.05) is 6.92 Å². The molecule has 0 heterocycles. The maximum atomic E-state index is 10.5. The Labute approximate surface area is 60.0 Å². The molecule has 1 aliphatic rings. The molecule has 0 unspecified atom stereocenters. The molecule has 1 saturated carbocycles. The Hall–Kier alpha value is -0.570.